The lowest BCUT2D eigenvalue weighted by Gasteiger charge is -2.21. The predicted molar refractivity (Wildman–Crippen MR) is 78.9 cm³/mol. The molecular formula is C11H14Cl2N2O4S. The van der Waals surface area contributed by atoms with Crippen molar-refractivity contribution in [2.24, 2.45) is 0 Å². The summed E-state index contributed by atoms with van der Waals surface area (Å²) in [5, 5.41) is 9.07. The number of carboxylic acids is 1. The van der Waals surface area contributed by atoms with Gasteiger partial charge in [0.1, 0.15) is 0 Å². The summed E-state index contributed by atoms with van der Waals surface area (Å²) >= 11 is 11.6. The predicted octanol–water partition coefficient (Wildman–Crippen LogP) is 2.74. The Balaban J connectivity index is 3.25. The van der Waals surface area contributed by atoms with Crippen LogP contribution in [0.1, 0.15) is 31.1 Å². The van der Waals surface area contributed by atoms with Crippen molar-refractivity contribution in [3.05, 3.63) is 27.7 Å². The van der Waals surface area contributed by atoms with Crippen LogP contribution in [-0.2, 0) is 10.2 Å². The average Bonchev–Trinajstić information content (AvgIpc) is 2.17. The molecule has 0 fully saturated rings. The zero-order valence-corrected chi connectivity index (χ0v) is 13.3. The third-order valence-corrected chi connectivity index (χ3v) is 3.83. The number of rotatable bonds is 4. The van der Waals surface area contributed by atoms with Gasteiger partial charge in [-0.1, -0.05) is 23.2 Å². The Morgan fingerprint density at radius 1 is 1.25 bits per heavy atom. The van der Waals surface area contributed by atoms with E-state index in [1.807, 2.05) is 0 Å². The monoisotopic (exact) mass is 340 g/mol. The van der Waals surface area contributed by atoms with Gasteiger partial charge in [0, 0.05) is 10.6 Å². The molecule has 20 heavy (non-hydrogen) atoms. The number of benzene rings is 1. The fourth-order valence-electron chi connectivity index (χ4n) is 1.41. The molecule has 0 atom stereocenters. The lowest BCUT2D eigenvalue weighted by Crippen LogP contribution is -2.43. The Morgan fingerprint density at radius 3 is 2.25 bits per heavy atom. The minimum Gasteiger partial charge on any atom is -0.478 e. The molecule has 0 spiro atoms. The molecule has 0 saturated carbocycles. The Labute approximate surface area is 127 Å². The number of aromatic carboxylic acids is 1. The lowest BCUT2D eigenvalue weighted by molar-refractivity contribution is 0.0698. The Morgan fingerprint density at radius 2 is 1.80 bits per heavy atom. The largest absolute Gasteiger partial charge is 0.478 e. The molecule has 9 heteroatoms. The van der Waals surface area contributed by atoms with Crippen molar-refractivity contribution in [2.75, 3.05) is 4.72 Å². The zero-order valence-electron chi connectivity index (χ0n) is 11.0. The summed E-state index contributed by atoms with van der Waals surface area (Å²) in [6, 6.07) is 2.37. The van der Waals surface area contributed by atoms with Gasteiger partial charge < -0.3 is 5.11 Å². The molecule has 6 nitrogen and oxygen atoms in total. The Bertz CT molecular complexity index is 639. The summed E-state index contributed by atoms with van der Waals surface area (Å²) in [4.78, 5) is 11.1. The van der Waals surface area contributed by atoms with E-state index in [2.05, 4.69) is 9.44 Å². The van der Waals surface area contributed by atoms with Gasteiger partial charge in [-0.25, -0.2) is 4.79 Å². The van der Waals surface area contributed by atoms with Gasteiger partial charge in [0.25, 0.3) is 10.2 Å². The zero-order chi connectivity index (χ0) is 15.7. The maximum absolute atomic E-state index is 11.9. The SMILES string of the molecule is CC(C)(C)NS(=O)(=O)Nc1c(Cl)cc(Cl)cc1C(=O)O. The number of hydrogen-bond acceptors (Lipinski definition) is 3. The summed E-state index contributed by atoms with van der Waals surface area (Å²) in [6.45, 7) is 4.94. The smallest absolute Gasteiger partial charge is 0.337 e. The third-order valence-electron chi connectivity index (χ3n) is 1.96. The van der Waals surface area contributed by atoms with E-state index in [1.165, 1.54) is 6.07 Å². The first-order valence-electron chi connectivity index (χ1n) is 5.45. The van der Waals surface area contributed by atoms with Gasteiger partial charge in [0.2, 0.25) is 0 Å². The molecular weight excluding hydrogens is 327 g/mol. The molecule has 0 unspecified atom stereocenters. The summed E-state index contributed by atoms with van der Waals surface area (Å²) in [5.74, 6) is -1.34. The van der Waals surface area contributed by atoms with E-state index >= 15 is 0 Å². The molecule has 112 valence electrons. The normalized spacial score (nSPS) is 12.2. The standard InChI is InChI=1S/C11H14Cl2N2O4S/c1-11(2,3)15-20(18,19)14-9-7(10(16)17)4-6(12)5-8(9)13/h4-5,14-15H,1-3H3,(H,16,17). The number of carbonyl (C=O) groups is 1. The molecule has 0 saturated heterocycles. The second-order valence-corrected chi connectivity index (χ2v) is 7.33. The van der Waals surface area contributed by atoms with E-state index < -0.39 is 21.7 Å². The highest BCUT2D eigenvalue weighted by molar-refractivity contribution is 7.90. The van der Waals surface area contributed by atoms with Crippen LogP contribution in [0.2, 0.25) is 10.0 Å². The fraction of sp³-hybridized carbons (Fsp3) is 0.364. The molecule has 1 aromatic rings. The van der Waals surface area contributed by atoms with Crippen molar-refractivity contribution >= 4 is 45.1 Å². The van der Waals surface area contributed by atoms with Crippen LogP contribution in [0, 0.1) is 0 Å². The molecule has 3 N–H and O–H groups in total. The van der Waals surface area contributed by atoms with E-state index in [0.717, 1.165) is 6.07 Å². The molecule has 0 aliphatic rings. The van der Waals surface area contributed by atoms with Crippen LogP contribution in [0.25, 0.3) is 0 Å². The van der Waals surface area contributed by atoms with E-state index in [4.69, 9.17) is 28.3 Å². The summed E-state index contributed by atoms with van der Waals surface area (Å²) < 4.78 is 28.3. The summed E-state index contributed by atoms with van der Waals surface area (Å²) in [7, 11) is -3.97. The molecule has 0 aromatic heterocycles. The average molecular weight is 341 g/mol. The molecule has 0 aliphatic carbocycles. The molecule has 0 aliphatic heterocycles. The highest BCUT2D eigenvalue weighted by Crippen LogP contribution is 2.31. The number of halogens is 2. The minimum absolute atomic E-state index is 0.0964. The van der Waals surface area contributed by atoms with E-state index in [9.17, 15) is 13.2 Å². The van der Waals surface area contributed by atoms with Crippen molar-refractivity contribution in [1.29, 1.82) is 0 Å². The molecule has 1 rings (SSSR count). The maximum atomic E-state index is 11.9. The molecule has 1 aromatic carbocycles. The summed E-state index contributed by atoms with van der Waals surface area (Å²) in [6.07, 6.45) is 0. The van der Waals surface area contributed by atoms with Crippen LogP contribution in [0.5, 0.6) is 0 Å². The number of anilines is 1. The first-order valence-corrected chi connectivity index (χ1v) is 7.69. The highest BCUT2D eigenvalue weighted by atomic mass is 35.5. The lowest BCUT2D eigenvalue weighted by atomic mass is 10.1. The number of nitrogens with one attached hydrogen (secondary N) is 2. The van der Waals surface area contributed by atoms with Gasteiger partial charge >= 0.3 is 5.97 Å². The van der Waals surface area contributed by atoms with Crippen LogP contribution in [0.3, 0.4) is 0 Å². The van der Waals surface area contributed by atoms with Crippen molar-refractivity contribution < 1.29 is 18.3 Å². The number of carboxylic acid groups (broad SMARTS) is 1. The van der Waals surface area contributed by atoms with Gasteiger partial charge in [-0.15, -0.1) is 0 Å². The van der Waals surface area contributed by atoms with E-state index in [-0.39, 0.29) is 21.3 Å². The molecule has 0 radical (unpaired) electrons. The minimum atomic E-state index is -3.97. The molecule has 0 amide bonds. The molecule has 0 bridgehead atoms. The highest BCUT2D eigenvalue weighted by Gasteiger charge is 2.24. The van der Waals surface area contributed by atoms with Crippen molar-refractivity contribution in [3.63, 3.8) is 0 Å². The second kappa shape index (κ2) is 5.77. The van der Waals surface area contributed by atoms with E-state index in [1.54, 1.807) is 20.8 Å². The van der Waals surface area contributed by atoms with Crippen LogP contribution < -0.4 is 9.44 Å². The first kappa shape index (κ1) is 17.0. The topological polar surface area (TPSA) is 95.5 Å². The quantitative estimate of drug-likeness (QED) is 0.785. The van der Waals surface area contributed by atoms with Crippen LogP contribution in [0.15, 0.2) is 12.1 Å². The third kappa shape index (κ3) is 4.82. The Kier molecular flexibility index (Phi) is 4.91. The van der Waals surface area contributed by atoms with Crippen molar-refractivity contribution in [3.8, 4) is 0 Å². The van der Waals surface area contributed by atoms with Gasteiger partial charge in [0.05, 0.1) is 16.3 Å². The van der Waals surface area contributed by atoms with Gasteiger partial charge in [-0.05, 0) is 32.9 Å². The maximum Gasteiger partial charge on any atom is 0.337 e. The second-order valence-electron chi connectivity index (χ2n) is 5.07. The van der Waals surface area contributed by atoms with Crippen LogP contribution >= 0.6 is 23.2 Å². The van der Waals surface area contributed by atoms with Gasteiger partial charge in [-0.2, -0.15) is 13.1 Å². The van der Waals surface area contributed by atoms with Crippen LogP contribution in [-0.4, -0.2) is 25.0 Å². The first-order chi connectivity index (χ1) is 8.91. The fourth-order valence-corrected chi connectivity index (χ4v) is 3.35. The van der Waals surface area contributed by atoms with Gasteiger partial charge in [0.15, 0.2) is 0 Å². The summed E-state index contributed by atoms with van der Waals surface area (Å²) in [5.41, 5.74) is -1.30. The van der Waals surface area contributed by atoms with E-state index in [0.29, 0.717) is 0 Å². The molecule has 0 heterocycles. The van der Waals surface area contributed by atoms with Crippen LogP contribution in [0.4, 0.5) is 5.69 Å². The van der Waals surface area contributed by atoms with Crippen molar-refractivity contribution in [1.82, 2.24) is 4.72 Å². The van der Waals surface area contributed by atoms with Crippen molar-refractivity contribution in [2.45, 2.75) is 26.3 Å². The van der Waals surface area contributed by atoms with Gasteiger partial charge in [-0.3, -0.25) is 4.72 Å². The number of hydrogen-bond donors (Lipinski definition) is 3. The Hall–Kier alpha value is -1.02.